The van der Waals surface area contributed by atoms with Crippen LogP contribution < -0.4 is 5.56 Å². The summed E-state index contributed by atoms with van der Waals surface area (Å²) >= 11 is 0. The highest BCUT2D eigenvalue weighted by Gasteiger charge is 2.38. The van der Waals surface area contributed by atoms with Crippen LogP contribution in [0.5, 0.6) is 0 Å². The number of halogens is 3. The average Bonchev–Trinajstić information content (AvgIpc) is 3.05. The number of aromatic nitrogens is 3. The van der Waals surface area contributed by atoms with Crippen molar-refractivity contribution in [2.24, 2.45) is 0 Å². The smallest absolute Gasteiger partial charge is 0.329 e. The molecule has 24 heavy (non-hydrogen) atoms. The molecule has 0 aliphatic rings. The van der Waals surface area contributed by atoms with Gasteiger partial charge >= 0.3 is 12.1 Å². The lowest BCUT2D eigenvalue weighted by Gasteiger charge is -2.15. The Hall–Kier alpha value is -2.90. The van der Waals surface area contributed by atoms with Crippen molar-refractivity contribution in [3.8, 4) is 11.4 Å². The first kappa shape index (κ1) is 16.0. The zero-order chi connectivity index (χ0) is 17.3. The van der Waals surface area contributed by atoms with Crippen LogP contribution in [0.25, 0.3) is 11.4 Å². The Morgan fingerprint density at radius 2 is 1.88 bits per heavy atom. The molecule has 0 N–H and O–H groups in total. The van der Waals surface area contributed by atoms with Crippen LogP contribution >= 0.6 is 0 Å². The summed E-state index contributed by atoms with van der Waals surface area (Å²) in [5, 5.41) is 3.27. The second-order valence-corrected chi connectivity index (χ2v) is 5.17. The topological polar surface area (TPSA) is 60.9 Å². The van der Waals surface area contributed by atoms with Crippen LogP contribution in [0.1, 0.15) is 24.4 Å². The highest BCUT2D eigenvalue weighted by atomic mass is 19.4. The summed E-state index contributed by atoms with van der Waals surface area (Å²) in [4.78, 5) is 15.6. The van der Waals surface area contributed by atoms with Crippen LogP contribution in [-0.2, 0) is 6.18 Å². The molecular weight excluding hydrogens is 323 g/mol. The molecule has 3 rings (SSSR count). The molecule has 0 bridgehead atoms. The third-order valence-electron chi connectivity index (χ3n) is 3.57. The van der Waals surface area contributed by atoms with E-state index in [2.05, 4.69) is 14.7 Å². The van der Waals surface area contributed by atoms with E-state index in [4.69, 9.17) is 0 Å². The standard InChI is InChI=1S/C16H12F3N3O2/c1-10(11-5-3-2-4-6-11)22-8-7-12(9-13(22)23)14-20-15(24-21-14)16(17,18)19/h2-10H,1H3. The van der Waals surface area contributed by atoms with Gasteiger partial charge in [-0.2, -0.15) is 18.2 Å². The molecule has 124 valence electrons. The van der Waals surface area contributed by atoms with E-state index in [0.29, 0.717) is 0 Å². The minimum atomic E-state index is -4.72. The quantitative estimate of drug-likeness (QED) is 0.735. The van der Waals surface area contributed by atoms with E-state index in [1.807, 2.05) is 37.3 Å². The molecule has 0 amide bonds. The Bertz CT molecular complexity index is 901. The number of nitrogens with zero attached hydrogens (tertiary/aromatic N) is 3. The molecule has 1 unspecified atom stereocenters. The van der Waals surface area contributed by atoms with Crippen LogP contribution in [0, 0.1) is 0 Å². The lowest BCUT2D eigenvalue weighted by Crippen LogP contribution is -2.22. The normalized spacial score (nSPS) is 13.0. The van der Waals surface area contributed by atoms with Gasteiger partial charge in [0.1, 0.15) is 0 Å². The van der Waals surface area contributed by atoms with Gasteiger partial charge in [0.15, 0.2) is 0 Å². The first-order valence-electron chi connectivity index (χ1n) is 7.04. The van der Waals surface area contributed by atoms with Crippen LogP contribution in [0.4, 0.5) is 13.2 Å². The third-order valence-corrected chi connectivity index (χ3v) is 3.57. The van der Waals surface area contributed by atoms with Crippen molar-refractivity contribution in [3.05, 3.63) is 70.5 Å². The SMILES string of the molecule is CC(c1ccccc1)n1ccc(-c2noc(C(F)(F)F)n2)cc1=O. The molecule has 3 aromatic rings. The largest absolute Gasteiger partial charge is 0.471 e. The number of hydrogen-bond donors (Lipinski definition) is 0. The Balaban J connectivity index is 1.93. The van der Waals surface area contributed by atoms with Gasteiger partial charge in [-0.05, 0) is 18.6 Å². The molecule has 0 saturated heterocycles. The van der Waals surface area contributed by atoms with Crippen molar-refractivity contribution in [1.29, 1.82) is 0 Å². The first-order chi connectivity index (χ1) is 11.4. The Kier molecular flexibility index (Phi) is 3.96. The monoisotopic (exact) mass is 335 g/mol. The second kappa shape index (κ2) is 5.95. The van der Waals surface area contributed by atoms with Crippen molar-refractivity contribution in [2.75, 3.05) is 0 Å². The Labute approximate surface area is 134 Å². The summed E-state index contributed by atoms with van der Waals surface area (Å²) in [6, 6.07) is 11.8. The van der Waals surface area contributed by atoms with E-state index in [0.717, 1.165) is 5.56 Å². The minimum Gasteiger partial charge on any atom is -0.329 e. The molecule has 5 nitrogen and oxygen atoms in total. The molecule has 0 fully saturated rings. The predicted octanol–water partition coefficient (Wildman–Crippen LogP) is 3.53. The lowest BCUT2D eigenvalue weighted by atomic mass is 10.1. The van der Waals surface area contributed by atoms with Gasteiger partial charge in [0, 0.05) is 17.8 Å². The summed E-state index contributed by atoms with van der Waals surface area (Å²) in [5.74, 6) is -1.72. The maximum Gasteiger partial charge on any atom is 0.471 e. The third kappa shape index (κ3) is 3.08. The zero-order valence-corrected chi connectivity index (χ0v) is 12.5. The number of hydrogen-bond acceptors (Lipinski definition) is 4. The van der Waals surface area contributed by atoms with E-state index >= 15 is 0 Å². The number of benzene rings is 1. The molecule has 0 saturated carbocycles. The average molecular weight is 335 g/mol. The van der Waals surface area contributed by atoms with Gasteiger partial charge in [0.05, 0.1) is 6.04 Å². The number of pyridine rings is 1. The van der Waals surface area contributed by atoms with E-state index in [1.54, 1.807) is 0 Å². The molecular formula is C16H12F3N3O2. The van der Waals surface area contributed by atoms with Gasteiger partial charge in [-0.25, -0.2) is 0 Å². The highest BCUT2D eigenvalue weighted by Crippen LogP contribution is 2.29. The molecule has 2 aromatic heterocycles. The molecule has 0 aliphatic heterocycles. The fraction of sp³-hybridized carbons (Fsp3) is 0.188. The van der Waals surface area contributed by atoms with Crippen LogP contribution in [-0.4, -0.2) is 14.7 Å². The summed E-state index contributed by atoms with van der Waals surface area (Å²) in [6.45, 7) is 1.85. The molecule has 2 heterocycles. The van der Waals surface area contributed by atoms with Gasteiger partial charge in [-0.15, -0.1) is 0 Å². The van der Waals surface area contributed by atoms with Crippen LogP contribution in [0.15, 0.2) is 58.0 Å². The van der Waals surface area contributed by atoms with Crippen molar-refractivity contribution in [3.63, 3.8) is 0 Å². The van der Waals surface area contributed by atoms with Crippen LogP contribution in [0.3, 0.4) is 0 Å². The van der Waals surface area contributed by atoms with Gasteiger partial charge < -0.3 is 9.09 Å². The predicted molar refractivity (Wildman–Crippen MR) is 79.3 cm³/mol. The van der Waals surface area contributed by atoms with Gasteiger partial charge in [0.25, 0.3) is 5.56 Å². The molecule has 0 spiro atoms. The van der Waals surface area contributed by atoms with Crippen molar-refractivity contribution in [2.45, 2.75) is 19.1 Å². The zero-order valence-electron chi connectivity index (χ0n) is 12.5. The van der Waals surface area contributed by atoms with Crippen LogP contribution in [0.2, 0.25) is 0 Å². The number of rotatable bonds is 3. The molecule has 8 heteroatoms. The Morgan fingerprint density at radius 3 is 2.46 bits per heavy atom. The molecule has 0 radical (unpaired) electrons. The maximum absolute atomic E-state index is 12.5. The van der Waals surface area contributed by atoms with E-state index in [-0.39, 0.29) is 23.0 Å². The second-order valence-electron chi connectivity index (χ2n) is 5.17. The molecule has 1 aromatic carbocycles. The minimum absolute atomic E-state index is 0.163. The fourth-order valence-corrected chi connectivity index (χ4v) is 2.30. The summed E-state index contributed by atoms with van der Waals surface area (Å²) in [5.41, 5.74) is 0.726. The first-order valence-corrected chi connectivity index (χ1v) is 7.04. The molecule has 0 aliphatic carbocycles. The van der Waals surface area contributed by atoms with E-state index < -0.39 is 12.1 Å². The summed E-state index contributed by atoms with van der Waals surface area (Å²) in [6.07, 6.45) is -3.22. The Morgan fingerprint density at radius 1 is 1.17 bits per heavy atom. The van der Waals surface area contributed by atoms with Crippen molar-refractivity contribution >= 4 is 0 Å². The summed E-state index contributed by atoms with van der Waals surface area (Å²) in [7, 11) is 0. The van der Waals surface area contributed by atoms with Gasteiger partial charge in [-0.3, -0.25) is 4.79 Å². The lowest BCUT2D eigenvalue weighted by molar-refractivity contribution is -0.159. The van der Waals surface area contributed by atoms with Crippen molar-refractivity contribution in [1.82, 2.24) is 14.7 Å². The van der Waals surface area contributed by atoms with Gasteiger partial charge in [-0.1, -0.05) is 35.5 Å². The fourth-order valence-electron chi connectivity index (χ4n) is 2.30. The van der Waals surface area contributed by atoms with Crippen molar-refractivity contribution < 1.29 is 17.7 Å². The highest BCUT2D eigenvalue weighted by molar-refractivity contribution is 5.53. The van der Waals surface area contributed by atoms with Gasteiger partial charge in [0.2, 0.25) is 5.82 Å². The summed E-state index contributed by atoms with van der Waals surface area (Å²) < 4.78 is 43.1. The molecule has 1 atom stereocenters. The number of alkyl halides is 3. The van der Waals surface area contributed by atoms with E-state index in [9.17, 15) is 18.0 Å². The van der Waals surface area contributed by atoms with E-state index in [1.165, 1.54) is 22.9 Å². The maximum atomic E-state index is 12.5.